The molecule has 2 atom stereocenters. The van der Waals surface area contributed by atoms with Gasteiger partial charge in [-0.3, -0.25) is 4.79 Å². The summed E-state index contributed by atoms with van der Waals surface area (Å²) in [6.07, 6.45) is 1.20. The van der Waals surface area contributed by atoms with E-state index in [1.54, 1.807) is 0 Å². The standard InChI is InChI=1S/C13H17N3O/c14-13(17)10-3-1-2-4-11(10)16-6-5-9-7-15-8-12(9)16/h1-4,9,12,15H,5-8H2,(H2,14,17)/t9-,12+/m0/s1. The summed E-state index contributed by atoms with van der Waals surface area (Å²) in [5.41, 5.74) is 7.07. The van der Waals surface area contributed by atoms with Gasteiger partial charge in [-0.2, -0.15) is 0 Å². The van der Waals surface area contributed by atoms with Crippen LogP contribution in [0.15, 0.2) is 24.3 Å². The smallest absolute Gasteiger partial charge is 0.250 e. The number of primary amides is 1. The summed E-state index contributed by atoms with van der Waals surface area (Å²) in [4.78, 5) is 13.8. The molecule has 3 N–H and O–H groups in total. The molecular formula is C13H17N3O. The average molecular weight is 231 g/mol. The molecule has 2 fully saturated rings. The van der Waals surface area contributed by atoms with Crippen LogP contribution in [-0.2, 0) is 0 Å². The molecule has 2 aliphatic rings. The number of nitrogens with one attached hydrogen (secondary N) is 1. The molecular weight excluding hydrogens is 214 g/mol. The molecule has 0 spiro atoms. The number of para-hydroxylation sites is 1. The van der Waals surface area contributed by atoms with E-state index in [1.807, 2.05) is 24.3 Å². The minimum atomic E-state index is -0.338. The SMILES string of the molecule is NC(=O)c1ccccc1N1CC[C@H]2CNC[C@H]21. The zero-order valence-electron chi connectivity index (χ0n) is 9.73. The summed E-state index contributed by atoms with van der Waals surface area (Å²) in [5.74, 6) is 0.380. The second kappa shape index (κ2) is 4.04. The van der Waals surface area contributed by atoms with E-state index in [-0.39, 0.29) is 5.91 Å². The third kappa shape index (κ3) is 1.69. The number of nitrogens with two attached hydrogens (primary N) is 1. The van der Waals surface area contributed by atoms with Gasteiger partial charge >= 0.3 is 0 Å². The van der Waals surface area contributed by atoms with Crippen LogP contribution in [0.2, 0.25) is 0 Å². The molecule has 2 aliphatic heterocycles. The van der Waals surface area contributed by atoms with Crippen molar-refractivity contribution in [1.82, 2.24) is 5.32 Å². The van der Waals surface area contributed by atoms with Crippen molar-refractivity contribution in [2.24, 2.45) is 11.7 Å². The minimum absolute atomic E-state index is 0.338. The Balaban J connectivity index is 1.96. The van der Waals surface area contributed by atoms with Gasteiger partial charge in [-0.25, -0.2) is 0 Å². The van der Waals surface area contributed by atoms with E-state index < -0.39 is 0 Å². The van der Waals surface area contributed by atoms with Gasteiger partial charge in [0.25, 0.3) is 5.91 Å². The maximum absolute atomic E-state index is 11.5. The molecule has 17 heavy (non-hydrogen) atoms. The Labute approximate surface area is 101 Å². The molecule has 2 heterocycles. The summed E-state index contributed by atoms with van der Waals surface area (Å²) in [6, 6.07) is 8.17. The normalized spacial score (nSPS) is 27.2. The lowest BCUT2D eigenvalue weighted by atomic mass is 10.0. The van der Waals surface area contributed by atoms with Gasteiger partial charge in [0.1, 0.15) is 0 Å². The average Bonchev–Trinajstić information content (AvgIpc) is 2.90. The van der Waals surface area contributed by atoms with Gasteiger partial charge in [0.2, 0.25) is 0 Å². The van der Waals surface area contributed by atoms with E-state index in [0.717, 1.165) is 31.2 Å². The van der Waals surface area contributed by atoms with Gasteiger partial charge < -0.3 is 16.0 Å². The number of amides is 1. The number of hydrogen-bond acceptors (Lipinski definition) is 3. The Morgan fingerprint density at radius 1 is 1.35 bits per heavy atom. The predicted molar refractivity (Wildman–Crippen MR) is 67.1 cm³/mol. The number of fused-ring (bicyclic) bond motifs is 1. The highest BCUT2D eigenvalue weighted by atomic mass is 16.1. The van der Waals surface area contributed by atoms with Gasteiger partial charge in [0, 0.05) is 31.4 Å². The van der Waals surface area contributed by atoms with E-state index in [0.29, 0.717) is 11.6 Å². The van der Waals surface area contributed by atoms with E-state index >= 15 is 0 Å². The molecule has 0 unspecified atom stereocenters. The number of hydrogen-bond donors (Lipinski definition) is 2. The fraction of sp³-hybridized carbons (Fsp3) is 0.462. The number of nitrogens with zero attached hydrogens (tertiary/aromatic N) is 1. The molecule has 1 aromatic rings. The summed E-state index contributed by atoms with van der Waals surface area (Å²) in [7, 11) is 0. The molecule has 0 saturated carbocycles. The quantitative estimate of drug-likeness (QED) is 0.783. The van der Waals surface area contributed by atoms with Gasteiger partial charge in [-0.1, -0.05) is 12.1 Å². The molecule has 0 bridgehead atoms. The molecule has 2 saturated heterocycles. The third-order valence-electron chi connectivity index (χ3n) is 3.92. The Kier molecular flexibility index (Phi) is 2.52. The molecule has 4 nitrogen and oxygen atoms in total. The summed E-state index contributed by atoms with van der Waals surface area (Å²) < 4.78 is 0. The van der Waals surface area contributed by atoms with Gasteiger partial charge in [-0.15, -0.1) is 0 Å². The zero-order valence-corrected chi connectivity index (χ0v) is 9.73. The first-order valence-corrected chi connectivity index (χ1v) is 6.13. The number of benzene rings is 1. The molecule has 0 radical (unpaired) electrons. The van der Waals surface area contributed by atoms with Crippen molar-refractivity contribution < 1.29 is 4.79 Å². The Morgan fingerprint density at radius 3 is 3.00 bits per heavy atom. The largest absolute Gasteiger partial charge is 0.366 e. The third-order valence-corrected chi connectivity index (χ3v) is 3.92. The topological polar surface area (TPSA) is 58.4 Å². The van der Waals surface area contributed by atoms with Crippen molar-refractivity contribution in [2.75, 3.05) is 24.5 Å². The summed E-state index contributed by atoms with van der Waals surface area (Å²) >= 11 is 0. The first-order chi connectivity index (χ1) is 8.27. The highest BCUT2D eigenvalue weighted by Gasteiger charge is 2.38. The van der Waals surface area contributed by atoms with E-state index in [2.05, 4.69) is 10.2 Å². The van der Waals surface area contributed by atoms with Gasteiger partial charge in [0.15, 0.2) is 0 Å². The van der Waals surface area contributed by atoms with Crippen molar-refractivity contribution in [3.8, 4) is 0 Å². The van der Waals surface area contributed by atoms with E-state index in [4.69, 9.17) is 5.73 Å². The second-order valence-corrected chi connectivity index (χ2v) is 4.85. The molecule has 90 valence electrons. The zero-order chi connectivity index (χ0) is 11.8. The lowest BCUT2D eigenvalue weighted by molar-refractivity contribution is 0.100. The predicted octanol–water partition coefficient (Wildman–Crippen LogP) is 0.584. The molecule has 3 rings (SSSR count). The van der Waals surface area contributed by atoms with Gasteiger partial charge in [-0.05, 0) is 24.5 Å². The van der Waals surface area contributed by atoms with Crippen LogP contribution in [0.4, 0.5) is 5.69 Å². The first-order valence-electron chi connectivity index (χ1n) is 6.13. The van der Waals surface area contributed by atoms with Crippen LogP contribution in [0.25, 0.3) is 0 Å². The van der Waals surface area contributed by atoms with Crippen molar-refractivity contribution in [1.29, 1.82) is 0 Å². The number of carbonyl (C=O) groups is 1. The highest BCUT2D eigenvalue weighted by Crippen LogP contribution is 2.33. The number of carbonyl (C=O) groups excluding carboxylic acids is 1. The number of rotatable bonds is 2. The highest BCUT2D eigenvalue weighted by molar-refractivity contribution is 5.98. The van der Waals surface area contributed by atoms with Crippen LogP contribution < -0.4 is 16.0 Å². The lowest BCUT2D eigenvalue weighted by Gasteiger charge is -2.27. The van der Waals surface area contributed by atoms with E-state index in [9.17, 15) is 4.79 Å². The summed E-state index contributed by atoms with van der Waals surface area (Å²) in [5, 5.41) is 3.41. The first kappa shape index (κ1) is 10.6. The van der Waals surface area contributed by atoms with E-state index in [1.165, 1.54) is 6.42 Å². The monoisotopic (exact) mass is 231 g/mol. The second-order valence-electron chi connectivity index (χ2n) is 4.85. The summed E-state index contributed by atoms with van der Waals surface area (Å²) in [6.45, 7) is 3.14. The van der Waals surface area contributed by atoms with Crippen LogP contribution in [0.5, 0.6) is 0 Å². The van der Waals surface area contributed by atoms with Gasteiger partial charge in [0.05, 0.1) is 5.56 Å². The number of anilines is 1. The minimum Gasteiger partial charge on any atom is -0.366 e. The maximum atomic E-state index is 11.5. The van der Waals surface area contributed by atoms with Crippen LogP contribution in [0, 0.1) is 5.92 Å². The van der Waals surface area contributed by atoms with Crippen molar-refractivity contribution in [2.45, 2.75) is 12.5 Å². The Bertz CT molecular complexity index is 446. The maximum Gasteiger partial charge on any atom is 0.250 e. The van der Waals surface area contributed by atoms with Crippen molar-refractivity contribution >= 4 is 11.6 Å². The Morgan fingerprint density at radius 2 is 2.18 bits per heavy atom. The molecule has 1 amide bonds. The van der Waals surface area contributed by atoms with Crippen LogP contribution >= 0.6 is 0 Å². The molecule has 1 aromatic carbocycles. The molecule has 4 heteroatoms. The Hall–Kier alpha value is -1.55. The fourth-order valence-corrected chi connectivity index (χ4v) is 3.08. The van der Waals surface area contributed by atoms with Crippen molar-refractivity contribution in [3.63, 3.8) is 0 Å². The fourth-order valence-electron chi connectivity index (χ4n) is 3.08. The van der Waals surface area contributed by atoms with Crippen LogP contribution in [0.1, 0.15) is 16.8 Å². The molecule has 0 aromatic heterocycles. The lowest BCUT2D eigenvalue weighted by Crippen LogP contribution is -2.35. The van der Waals surface area contributed by atoms with Crippen molar-refractivity contribution in [3.05, 3.63) is 29.8 Å². The molecule has 0 aliphatic carbocycles. The van der Waals surface area contributed by atoms with Crippen LogP contribution in [0.3, 0.4) is 0 Å². The van der Waals surface area contributed by atoms with Crippen LogP contribution in [-0.4, -0.2) is 31.6 Å².